The van der Waals surface area contributed by atoms with E-state index in [0.29, 0.717) is 17.0 Å². The Morgan fingerprint density at radius 2 is 2.25 bits per heavy atom. The molecule has 86 valence electrons. The third kappa shape index (κ3) is 2.08. The lowest BCUT2D eigenvalue weighted by molar-refractivity contribution is 0.0787. The number of carbonyl (C=O) groups excluding carboxylic acids is 1. The lowest BCUT2D eigenvalue weighted by atomic mass is 10.1. The van der Waals surface area contributed by atoms with Crippen molar-refractivity contribution in [2.75, 3.05) is 13.1 Å². The molecule has 1 heterocycles. The molecule has 0 N–H and O–H groups in total. The molecule has 1 amide bonds. The fraction of sp³-hybridized carbons (Fsp3) is 0.462. The van der Waals surface area contributed by atoms with Crippen LogP contribution < -0.4 is 0 Å². The van der Waals surface area contributed by atoms with Crippen molar-refractivity contribution in [1.82, 2.24) is 4.90 Å². The van der Waals surface area contributed by atoms with Gasteiger partial charge in [0.25, 0.3) is 5.91 Å². The molecule has 0 bridgehead atoms. The van der Waals surface area contributed by atoms with Gasteiger partial charge in [0.1, 0.15) is 5.82 Å². The number of halogens is 1. The molecule has 0 aliphatic carbocycles. The van der Waals surface area contributed by atoms with E-state index in [0.717, 1.165) is 19.5 Å². The summed E-state index contributed by atoms with van der Waals surface area (Å²) >= 11 is 0. The Kier molecular flexibility index (Phi) is 2.95. The van der Waals surface area contributed by atoms with Gasteiger partial charge in [-0.3, -0.25) is 4.79 Å². The van der Waals surface area contributed by atoms with Gasteiger partial charge in [0.05, 0.1) is 0 Å². The Morgan fingerprint density at radius 3 is 2.81 bits per heavy atom. The lowest BCUT2D eigenvalue weighted by Crippen LogP contribution is -2.28. The van der Waals surface area contributed by atoms with Gasteiger partial charge in [0, 0.05) is 18.7 Å². The molecule has 1 aliphatic rings. The van der Waals surface area contributed by atoms with E-state index < -0.39 is 0 Å². The third-order valence-corrected chi connectivity index (χ3v) is 3.13. The van der Waals surface area contributed by atoms with Gasteiger partial charge in [0.2, 0.25) is 0 Å². The van der Waals surface area contributed by atoms with Gasteiger partial charge in [-0.25, -0.2) is 4.39 Å². The van der Waals surface area contributed by atoms with Crippen molar-refractivity contribution in [3.05, 3.63) is 35.1 Å². The molecule has 0 spiro atoms. The quantitative estimate of drug-likeness (QED) is 0.713. The summed E-state index contributed by atoms with van der Waals surface area (Å²) in [5.74, 6) is 0.195. The Labute approximate surface area is 95.1 Å². The topological polar surface area (TPSA) is 20.3 Å². The summed E-state index contributed by atoms with van der Waals surface area (Å²) in [5.41, 5.74) is 1.03. The number of amides is 1. The zero-order chi connectivity index (χ0) is 11.7. The van der Waals surface area contributed by atoms with Gasteiger partial charge in [0.15, 0.2) is 0 Å². The van der Waals surface area contributed by atoms with Crippen LogP contribution in [0.5, 0.6) is 0 Å². The van der Waals surface area contributed by atoms with Crippen molar-refractivity contribution >= 4 is 5.91 Å². The second kappa shape index (κ2) is 4.24. The molecule has 1 aliphatic heterocycles. The third-order valence-electron chi connectivity index (χ3n) is 3.13. The van der Waals surface area contributed by atoms with E-state index in [4.69, 9.17) is 0 Å². The van der Waals surface area contributed by atoms with E-state index in [2.05, 4.69) is 6.92 Å². The maximum atomic E-state index is 13.3. The van der Waals surface area contributed by atoms with E-state index in [-0.39, 0.29) is 11.7 Å². The van der Waals surface area contributed by atoms with Crippen LogP contribution >= 0.6 is 0 Å². The van der Waals surface area contributed by atoms with Crippen LogP contribution in [-0.4, -0.2) is 23.9 Å². The number of likely N-dealkylation sites (tertiary alicyclic amines) is 1. The summed E-state index contributed by atoms with van der Waals surface area (Å²) in [5, 5.41) is 0. The molecule has 0 aromatic heterocycles. The average Bonchev–Trinajstić information content (AvgIpc) is 2.68. The van der Waals surface area contributed by atoms with Crippen LogP contribution in [0.4, 0.5) is 4.39 Å². The predicted octanol–water partition coefficient (Wildman–Crippen LogP) is 2.62. The molecule has 1 saturated heterocycles. The monoisotopic (exact) mass is 221 g/mol. The minimum atomic E-state index is -0.307. The van der Waals surface area contributed by atoms with Gasteiger partial charge in [-0.15, -0.1) is 0 Å². The highest BCUT2D eigenvalue weighted by Gasteiger charge is 2.24. The van der Waals surface area contributed by atoms with Crippen LogP contribution in [0, 0.1) is 18.7 Å². The highest BCUT2D eigenvalue weighted by molar-refractivity contribution is 5.94. The molecule has 0 radical (unpaired) electrons. The van der Waals surface area contributed by atoms with Gasteiger partial charge >= 0.3 is 0 Å². The fourth-order valence-corrected chi connectivity index (χ4v) is 2.03. The number of hydrogen-bond donors (Lipinski definition) is 0. The summed E-state index contributed by atoms with van der Waals surface area (Å²) in [7, 11) is 0. The smallest absolute Gasteiger partial charge is 0.253 e. The van der Waals surface area contributed by atoms with Gasteiger partial charge in [-0.05, 0) is 37.0 Å². The number of aryl methyl sites for hydroxylation is 1. The summed E-state index contributed by atoms with van der Waals surface area (Å²) in [6.07, 6.45) is 1.04. The minimum Gasteiger partial charge on any atom is -0.338 e. The van der Waals surface area contributed by atoms with Crippen LogP contribution in [0.15, 0.2) is 18.2 Å². The first kappa shape index (κ1) is 11.1. The zero-order valence-electron chi connectivity index (χ0n) is 9.66. The van der Waals surface area contributed by atoms with Gasteiger partial charge < -0.3 is 4.90 Å². The summed E-state index contributed by atoms with van der Waals surface area (Å²) in [6.45, 7) is 5.40. The Balaban J connectivity index is 2.18. The molecule has 16 heavy (non-hydrogen) atoms. The molecule has 2 rings (SSSR count). The normalized spacial score (nSPS) is 20.2. The molecule has 1 aromatic carbocycles. The average molecular weight is 221 g/mol. The Hall–Kier alpha value is -1.38. The largest absolute Gasteiger partial charge is 0.338 e. The van der Waals surface area contributed by atoms with Crippen molar-refractivity contribution in [1.29, 1.82) is 0 Å². The van der Waals surface area contributed by atoms with Crippen LogP contribution in [0.25, 0.3) is 0 Å². The second-order valence-electron chi connectivity index (χ2n) is 4.61. The lowest BCUT2D eigenvalue weighted by Gasteiger charge is -2.16. The molecule has 2 nitrogen and oxygen atoms in total. The predicted molar refractivity (Wildman–Crippen MR) is 60.8 cm³/mol. The van der Waals surface area contributed by atoms with E-state index in [1.54, 1.807) is 24.0 Å². The highest BCUT2D eigenvalue weighted by atomic mass is 19.1. The van der Waals surface area contributed by atoms with Gasteiger partial charge in [-0.1, -0.05) is 13.0 Å². The summed E-state index contributed by atoms with van der Waals surface area (Å²) in [4.78, 5) is 13.8. The molecule has 1 fully saturated rings. The SMILES string of the molecule is Cc1ccc(C(=O)N2CC[C@H](C)C2)cc1F. The van der Waals surface area contributed by atoms with Crippen LogP contribution in [-0.2, 0) is 0 Å². The van der Waals surface area contributed by atoms with Crippen LogP contribution in [0.1, 0.15) is 29.3 Å². The first-order chi connectivity index (χ1) is 7.58. The maximum Gasteiger partial charge on any atom is 0.253 e. The zero-order valence-corrected chi connectivity index (χ0v) is 9.66. The molecular formula is C13H16FNO. The fourth-order valence-electron chi connectivity index (χ4n) is 2.03. The van der Waals surface area contributed by atoms with E-state index in [1.165, 1.54) is 6.07 Å². The standard InChI is InChI=1S/C13H16FNO/c1-9-5-6-15(8-9)13(16)11-4-3-10(2)12(14)7-11/h3-4,7,9H,5-6,8H2,1-2H3/t9-/m0/s1. The van der Waals surface area contributed by atoms with Crippen molar-refractivity contribution < 1.29 is 9.18 Å². The highest BCUT2D eigenvalue weighted by Crippen LogP contribution is 2.19. The summed E-state index contributed by atoms with van der Waals surface area (Å²) in [6, 6.07) is 4.69. The van der Waals surface area contributed by atoms with Crippen LogP contribution in [0.2, 0.25) is 0 Å². The number of benzene rings is 1. The molecule has 0 unspecified atom stereocenters. The number of rotatable bonds is 1. The Morgan fingerprint density at radius 1 is 1.50 bits per heavy atom. The first-order valence-electron chi connectivity index (χ1n) is 5.63. The van der Waals surface area contributed by atoms with Crippen LogP contribution in [0.3, 0.4) is 0 Å². The summed E-state index contributed by atoms with van der Waals surface area (Å²) < 4.78 is 13.3. The minimum absolute atomic E-state index is 0.0525. The van der Waals surface area contributed by atoms with E-state index >= 15 is 0 Å². The molecule has 1 aromatic rings. The van der Waals surface area contributed by atoms with Crippen molar-refractivity contribution in [3.8, 4) is 0 Å². The number of hydrogen-bond acceptors (Lipinski definition) is 1. The van der Waals surface area contributed by atoms with Crippen molar-refractivity contribution in [3.63, 3.8) is 0 Å². The maximum absolute atomic E-state index is 13.3. The van der Waals surface area contributed by atoms with Crippen molar-refractivity contribution in [2.24, 2.45) is 5.92 Å². The van der Waals surface area contributed by atoms with E-state index in [9.17, 15) is 9.18 Å². The second-order valence-corrected chi connectivity index (χ2v) is 4.61. The van der Waals surface area contributed by atoms with E-state index in [1.807, 2.05) is 0 Å². The number of carbonyl (C=O) groups is 1. The van der Waals surface area contributed by atoms with Crippen molar-refractivity contribution in [2.45, 2.75) is 20.3 Å². The Bertz CT molecular complexity index is 416. The molecule has 3 heteroatoms. The molecule has 0 saturated carbocycles. The van der Waals surface area contributed by atoms with Gasteiger partial charge in [-0.2, -0.15) is 0 Å². The first-order valence-corrected chi connectivity index (χ1v) is 5.63. The molecular weight excluding hydrogens is 205 g/mol. The molecule has 1 atom stereocenters. The number of nitrogens with zero attached hydrogens (tertiary/aromatic N) is 1.